The molecule has 0 spiro atoms. The Morgan fingerprint density at radius 1 is 1.25 bits per heavy atom. The second-order valence-corrected chi connectivity index (χ2v) is 0.408. The van der Waals surface area contributed by atoms with Gasteiger partial charge in [-0.1, -0.05) is 0 Å². The number of nitrogens with two attached hydrogens (primary N) is 2. The van der Waals surface area contributed by atoms with Gasteiger partial charge < -0.3 is 0 Å². The van der Waals surface area contributed by atoms with Crippen molar-refractivity contribution in [3.05, 3.63) is 0 Å². The SMILES string of the molecule is NSN.[Co]. The van der Waals surface area contributed by atoms with E-state index in [0.29, 0.717) is 0 Å². The third kappa shape index (κ3) is 14.5. The van der Waals surface area contributed by atoms with Crippen LogP contribution in [0, 0.1) is 0 Å². The van der Waals surface area contributed by atoms with Crippen molar-refractivity contribution in [3.63, 3.8) is 0 Å². The van der Waals surface area contributed by atoms with E-state index in [1.165, 1.54) is 0 Å². The van der Waals surface area contributed by atoms with Gasteiger partial charge in [0.25, 0.3) is 0 Å². The van der Waals surface area contributed by atoms with Gasteiger partial charge in [0.05, 0.1) is 0 Å². The number of hydrogen-bond donors (Lipinski definition) is 2. The zero-order valence-corrected chi connectivity index (χ0v) is 3.75. The Labute approximate surface area is 39.8 Å². The van der Waals surface area contributed by atoms with Crippen LogP contribution in [0.15, 0.2) is 0 Å². The molecule has 0 bridgehead atoms. The van der Waals surface area contributed by atoms with E-state index in [9.17, 15) is 0 Å². The average molecular weight is 123 g/mol. The van der Waals surface area contributed by atoms with Crippen LogP contribution in [0.5, 0.6) is 0 Å². The molecule has 0 amide bonds. The minimum atomic E-state index is 0. The van der Waals surface area contributed by atoms with Crippen LogP contribution in [-0.4, -0.2) is 0 Å². The molecule has 4 N–H and O–H groups in total. The molecule has 0 aromatic heterocycles. The quantitative estimate of drug-likeness (QED) is 0.425. The summed E-state index contributed by atoms with van der Waals surface area (Å²) in [7, 11) is 0. The topological polar surface area (TPSA) is 52.0 Å². The van der Waals surface area contributed by atoms with E-state index in [1.807, 2.05) is 0 Å². The van der Waals surface area contributed by atoms with Crippen LogP contribution in [-0.2, 0) is 16.8 Å². The van der Waals surface area contributed by atoms with Crippen LogP contribution in [0.25, 0.3) is 0 Å². The van der Waals surface area contributed by atoms with Crippen molar-refractivity contribution in [3.8, 4) is 0 Å². The van der Waals surface area contributed by atoms with Crippen LogP contribution in [0.1, 0.15) is 0 Å². The maximum Gasteiger partial charge on any atom is 0 e. The van der Waals surface area contributed by atoms with Gasteiger partial charge in [0.15, 0.2) is 0 Å². The van der Waals surface area contributed by atoms with Crippen molar-refractivity contribution < 1.29 is 16.8 Å². The first-order valence-electron chi connectivity index (χ1n) is 0.471. The van der Waals surface area contributed by atoms with Crippen LogP contribution < -0.4 is 10.3 Å². The smallest absolute Gasteiger partial charge is 0 e. The van der Waals surface area contributed by atoms with E-state index in [0.717, 1.165) is 12.1 Å². The molecule has 0 aliphatic heterocycles. The maximum atomic E-state index is 4.54. The molecule has 0 unspecified atom stereocenters. The molecular weight excluding hydrogens is 119 g/mol. The Morgan fingerprint density at radius 2 is 1.25 bits per heavy atom. The van der Waals surface area contributed by atoms with Gasteiger partial charge in [-0.25, -0.2) is 0 Å². The zero-order valence-electron chi connectivity index (χ0n) is 1.90. The fourth-order valence-electron chi connectivity index (χ4n) is 0. The van der Waals surface area contributed by atoms with Gasteiger partial charge in [-0.05, 0) is 12.1 Å². The first-order chi connectivity index (χ1) is 1.41. The standard InChI is InChI=1S/Co.H4N2S/c;1-3-2/h;1-2H2. The van der Waals surface area contributed by atoms with Gasteiger partial charge in [0.1, 0.15) is 0 Å². The molecule has 0 saturated heterocycles. The summed E-state index contributed by atoms with van der Waals surface area (Å²) in [5.41, 5.74) is 0. The molecular formula is H4CoN2S. The summed E-state index contributed by atoms with van der Waals surface area (Å²) in [6, 6.07) is 0. The Morgan fingerprint density at radius 3 is 1.25 bits per heavy atom. The van der Waals surface area contributed by atoms with Crippen LogP contribution in [0.3, 0.4) is 0 Å². The summed E-state index contributed by atoms with van der Waals surface area (Å²) in [5, 5.41) is 9.08. The van der Waals surface area contributed by atoms with Gasteiger partial charge in [-0.15, -0.1) is 0 Å². The van der Waals surface area contributed by atoms with Crippen molar-refractivity contribution in [2.45, 2.75) is 0 Å². The molecule has 1 radical (unpaired) electrons. The molecule has 0 aromatic rings. The first-order valence-corrected chi connectivity index (χ1v) is 1.41. The molecule has 2 nitrogen and oxygen atoms in total. The summed E-state index contributed by atoms with van der Waals surface area (Å²) in [4.78, 5) is 0. The molecule has 4 heteroatoms. The molecule has 4 heavy (non-hydrogen) atoms. The Hall–Kier alpha value is 0.776. The number of hydrogen-bond acceptors (Lipinski definition) is 3. The first kappa shape index (κ1) is 8.84. The monoisotopic (exact) mass is 123 g/mol. The summed E-state index contributed by atoms with van der Waals surface area (Å²) in [5.74, 6) is 0. The largest absolute Gasteiger partial charge is 0.265 e. The second kappa shape index (κ2) is 9.22. The van der Waals surface area contributed by atoms with Crippen molar-refractivity contribution in [2.24, 2.45) is 10.3 Å². The van der Waals surface area contributed by atoms with Crippen molar-refractivity contribution in [2.75, 3.05) is 0 Å². The summed E-state index contributed by atoms with van der Waals surface area (Å²) < 4.78 is 0. The van der Waals surface area contributed by atoms with Crippen molar-refractivity contribution in [1.29, 1.82) is 0 Å². The minimum absolute atomic E-state index is 0. The summed E-state index contributed by atoms with van der Waals surface area (Å²) >= 11 is 0.750. The molecule has 0 saturated carbocycles. The van der Waals surface area contributed by atoms with E-state index < -0.39 is 0 Å². The van der Waals surface area contributed by atoms with Gasteiger partial charge in [-0.2, -0.15) is 0 Å². The molecule has 0 fully saturated rings. The predicted molar refractivity (Wildman–Crippen MR) is 16.0 cm³/mol. The summed E-state index contributed by atoms with van der Waals surface area (Å²) in [6.07, 6.45) is 0. The van der Waals surface area contributed by atoms with Gasteiger partial charge in [-0.3, -0.25) is 10.3 Å². The van der Waals surface area contributed by atoms with E-state index in [-0.39, 0.29) is 16.8 Å². The fourth-order valence-corrected chi connectivity index (χ4v) is 0. The third-order valence-electron chi connectivity index (χ3n) is 0. The average Bonchev–Trinajstić information content (AvgIpc) is 0.918. The second-order valence-electron chi connectivity index (χ2n) is 0.136. The third-order valence-corrected chi connectivity index (χ3v) is 0. The molecule has 0 heterocycles. The van der Waals surface area contributed by atoms with E-state index in [4.69, 9.17) is 0 Å². The van der Waals surface area contributed by atoms with Crippen molar-refractivity contribution in [1.82, 2.24) is 0 Å². The Bertz CT molecular complexity index is 6.00. The molecule has 0 aliphatic carbocycles. The molecule has 0 aliphatic rings. The number of rotatable bonds is 0. The molecule has 0 atom stereocenters. The minimum Gasteiger partial charge on any atom is -0.265 e. The normalized spacial score (nSPS) is 4.50. The Balaban J connectivity index is 0. The molecule has 29 valence electrons. The van der Waals surface area contributed by atoms with E-state index in [1.54, 1.807) is 0 Å². The zero-order chi connectivity index (χ0) is 2.71. The van der Waals surface area contributed by atoms with Gasteiger partial charge >= 0.3 is 0 Å². The van der Waals surface area contributed by atoms with Crippen LogP contribution >= 0.6 is 12.1 Å². The Kier molecular flexibility index (Phi) is 20.4. The molecule has 0 rings (SSSR count). The van der Waals surface area contributed by atoms with Crippen molar-refractivity contribution >= 4 is 12.1 Å². The fraction of sp³-hybridized carbons (Fsp3) is 0. The maximum absolute atomic E-state index is 4.54. The van der Waals surface area contributed by atoms with Crippen LogP contribution in [0.2, 0.25) is 0 Å². The summed E-state index contributed by atoms with van der Waals surface area (Å²) in [6.45, 7) is 0. The predicted octanol–water partition coefficient (Wildman–Crippen LogP) is -0.535. The van der Waals surface area contributed by atoms with Crippen LogP contribution in [0.4, 0.5) is 0 Å². The van der Waals surface area contributed by atoms with E-state index >= 15 is 0 Å². The van der Waals surface area contributed by atoms with E-state index in [2.05, 4.69) is 10.3 Å². The van der Waals surface area contributed by atoms with Gasteiger partial charge in [0, 0.05) is 16.8 Å². The molecule has 0 aromatic carbocycles. The van der Waals surface area contributed by atoms with Gasteiger partial charge in [0.2, 0.25) is 0 Å².